The van der Waals surface area contributed by atoms with Crippen molar-refractivity contribution in [1.82, 2.24) is 0 Å². The summed E-state index contributed by atoms with van der Waals surface area (Å²) in [6.07, 6.45) is 3.95. The lowest BCUT2D eigenvalue weighted by Crippen LogP contribution is -2.50. The molecule has 102 valence electrons. The van der Waals surface area contributed by atoms with E-state index >= 15 is 0 Å². The van der Waals surface area contributed by atoms with Crippen LogP contribution in [0.3, 0.4) is 0 Å². The van der Waals surface area contributed by atoms with E-state index in [1.165, 1.54) is 6.42 Å². The maximum absolute atomic E-state index is 11.8. The topological polar surface area (TPSA) is 58.6 Å². The van der Waals surface area contributed by atoms with E-state index in [0.29, 0.717) is 11.7 Å². The van der Waals surface area contributed by atoms with Crippen LogP contribution in [0.25, 0.3) is 0 Å². The summed E-state index contributed by atoms with van der Waals surface area (Å²) >= 11 is 0. The number of benzene rings is 1. The SMILES string of the molecule is COc1ccccc1NC1(C(=O)O)CC2CCC1C2. The highest BCUT2D eigenvalue weighted by Gasteiger charge is 2.56. The maximum Gasteiger partial charge on any atom is 0.329 e. The molecule has 1 aromatic rings. The van der Waals surface area contributed by atoms with Gasteiger partial charge in [-0.1, -0.05) is 12.1 Å². The van der Waals surface area contributed by atoms with Gasteiger partial charge in [0.1, 0.15) is 11.3 Å². The number of fused-ring (bicyclic) bond motifs is 2. The van der Waals surface area contributed by atoms with Gasteiger partial charge in [-0.05, 0) is 49.7 Å². The summed E-state index contributed by atoms with van der Waals surface area (Å²) in [6.45, 7) is 0. The van der Waals surface area contributed by atoms with Crippen LogP contribution in [-0.2, 0) is 4.79 Å². The summed E-state index contributed by atoms with van der Waals surface area (Å²) < 4.78 is 5.31. The van der Waals surface area contributed by atoms with E-state index < -0.39 is 11.5 Å². The lowest BCUT2D eigenvalue weighted by Gasteiger charge is -2.35. The van der Waals surface area contributed by atoms with E-state index in [0.717, 1.165) is 24.9 Å². The van der Waals surface area contributed by atoms with Crippen molar-refractivity contribution in [3.8, 4) is 5.75 Å². The van der Waals surface area contributed by atoms with E-state index in [1.54, 1.807) is 7.11 Å². The predicted molar refractivity (Wildman–Crippen MR) is 72.4 cm³/mol. The van der Waals surface area contributed by atoms with Crippen molar-refractivity contribution in [3.05, 3.63) is 24.3 Å². The Morgan fingerprint density at radius 3 is 2.79 bits per heavy atom. The van der Waals surface area contributed by atoms with E-state index in [4.69, 9.17) is 4.74 Å². The van der Waals surface area contributed by atoms with Crippen LogP contribution in [0.15, 0.2) is 24.3 Å². The van der Waals surface area contributed by atoms with Gasteiger partial charge in [-0.15, -0.1) is 0 Å². The van der Waals surface area contributed by atoms with Gasteiger partial charge in [0, 0.05) is 0 Å². The average molecular weight is 261 g/mol. The predicted octanol–water partition coefficient (Wildman–Crippen LogP) is 2.75. The number of carboxylic acid groups (broad SMARTS) is 1. The molecular weight excluding hydrogens is 242 g/mol. The van der Waals surface area contributed by atoms with Crippen molar-refractivity contribution in [1.29, 1.82) is 0 Å². The quantitative estimate of drug-likeness (QED) is 0.875. The normalized spacial score (nSPS) is 32.3. The summed E-state index contributed by atoms with van der Waals surface area (Å²) in [5, 5.41) is 13.0. The van der Waals surface area contributed by atoms with Crippen LogP contribution in [-0.4, -0.2) is 23.7 Å². The first kappa shape index (κ1) is 12.3. The summed E-state index contributed by atoms with van der Waals surface area (Å²) in [5.41, 5.74) is -0.0303. The number of aliphatic carboxylic acids is 1. The van der Waals surface area contributed by atoms with Crippen molar-refractivity contribution in [2.45, 2.75) is 31.2 Å². The first-order valence-electron chi connectivity index (χ1n) is 6.80. The monoisotopic (exact) mass is 261 g/mol. The second kappa shape index (κ2) is 4.44. The molecule has 3 unspecified atom stereocenters. The molecule has 0 heterocycles. The van der Waals surface area contributed by atoms with Gasteiger partial charge >= 0.3 is 5.97 Å². The fraction of sp³-hybridized carbons (Fsp3) is 0.533. The highest BCUT2D eigenvalue weighted by Crippen LogP contribution is 2.52. The highest BCUT2D eigenvalue weighted by atomic mass is 16.5. The second-order valence-electron chi connectivity index (χ2n) is 5.68. The molecule has 0 aliphatic heterocycles. The van der Waals surface area contributed by atoms with Crippen LogP contribution in [0.2, 0.25) is 0 Å². The molecule has 2 N–H and O–H groups in total. The third kappa shape index (κ3) is 1.86. The van der Waals surface area contributed by atoms with Gasteiger partial charge in [-0.3, -0.25) is 0 Å². The Bertz CT molecular complexity index is 502. The lowest BCUT2D eigenvalue weighted by atomic mass is 9.80. The molecule has 3 rings (SSSR count). The van der Waals surface area contributed by atoms with E-state index in [9.17, 15) is 9.90 Å². The number of nitrogens with one attached hydrogen (secondary N) is 1. The van der Waals surface area contributed by atoms with Crippen LogP contribution < -0.4 is 10.1 Å². The molecule has 0 radical (unpaired) electrons. The fourth-order valence-electron chi connectivity index (χ4n) is 3.79. The molecule has 0 saturated heterocycles. The van der Waals surface area contributed by atoms with E-state index in [2.05, 4.69) is 5.32 Å². The van der Waals surface area contributed by atoms with Crippen LogP contribution in [0.1, 0.15) is 25.7 Å². The zero-order valence-corrected chi connectivity index (χ0v) is 11.1. The summed E-state index contributed by atoms with van der Waals surface area (Å²) in [5.74, 6) is 0.764. The minimum atomic E-state index is -0.808. The van der Waals surface area contributed by atoms with E-state index in [1.807, 2.05) is 24.3 Å². The van der Waals surface area contributed by atoms with Gasteiger partial charge < -0.3 is 15.2 Å². The van der Waals surface area contributed by atoms with Gasteiger partial charge in [-0.25, -0.2) is 4.79 Å². The third-order valence-electron chi connectivity index (χ3n) is 4.70. The molecule has 3 atom stereocenters. The van der Waals surface area contributed by atoms with Crippen molar-refractivity contribution < 1.29 is 14.6 Å². The molecule has 2 aliphatic rings. The maximum atomic E-state index is 11.8. The van der Waals surface area contributed by atoms with Crippen molar-refractivity contribution >= 4 is 11.7 Å². The number of ether oxygens (including phenoxy) is 1. The van der Waals surface area contributed by atoms with Gasteiger partial charge in [-0.2, -0.15) is 0 Å². The van der Waals surface area contributed by atoms with Crippen LogP contribution in [0, 0.1) is 11.8 Å². The van der Waals surface area contributed by atoms with Crippen molar-refractivity contribution in [2.24, 2.45) is 11.8 Å². The third-order valence-corrected chi connectivity index (χ3v) is 4.70. The fourth-order valence-corrected chi connectivity index (χ4v) is 3.79. The molecule has 19 heavy (non-hydrogen) atoms. The molecule has 2 aliphatic carbocycles. The standard InChI is InChI=1S/C15H19NO3/c1-19-13-5-3-2-4-12(13)16-15(14(17)18)9-10-6-7-11(15)8-10/h2-5,10-11,16H,6-9H2,1H3,(H,17,18). The van der Waals surface area contributed by atoms with Crippen LogP contribution in [0.4, 0.5) is 5.69 Å². The Labute approximate surface area is 112 Å². The molecule has 2 bridgehead atoms. The second-order valence-corrected chi connectivity index (χ2v) is 5.68. The molecule has 2 fully saturated rings. The van der Waals surface area contributed by atoms with Gasteiger partial charge in [0.05, 0.1) is 12.8 Å². The smallest absolute Gasteiger partial charge is 0.329 e. The number of hydrogen-bond donors (Lipinski definition) is 2. The molecule has 2 saturated carbocycles. The molecule has 4 heteroatoms. The Morgan fingerprint density at radius 2 is 2.21 bits per heavy atom. The molecule has 0 aromatic heterocycles. The zero-order chi connectivity index (χ0) is 13.5. The minimum absolute atomic E-state index is 0.236. The largest absolute Gasteiger partial charge is 0.495 e. The minimum Gasteiger partial charge on any atom is -0.495 e. The number of hydrogen-bond acceptors (Lipinski definition) is 3. The van der Waals surface area contributed by atoms with Gasteiger partial charge in [0.15, 0.2) is 0 Å². The first-order valence-corrected chi connectivity index (χ1v) is 6.80. The molecule has 1 aromatic carbocycles. The number of para-hydroxylation sites is 2. The van der Waals surface area contributed by atoms with Crippen molar-refractivity contribution in [2.75, 3.05) is 12.4 Å². The molecule has 0 spiro atoms. The Kier molecular flexibility index (Phi) is 2.88. The Morgan fingerprint density at radius 1 is 1.42 bits per heavy atom. The van der Waals surface area contributed by atoms with Gasteiger partial charge in [0.25, 0.3) is 0 Å². The van der Waals surface area contributed by atoms with E-state index in [-0.39, 0.29) is 5.92 Å². The Hall–Kier alpha value is -1.71. The summed E-state index contributed by atoms with van der Waals surface area (Å²) in [4.78, 5) is 11.8. The van der Waals surface area contributed by atoms with Crippen molar-refractivity contribution in [3.63, 3.8) is 0 Å². The Balaban J connectivity index is 1.93. The number of carbonyl (C=O) groups is 1. The zero-order valence-electron chi connectivity index (χ0n) is 11.1. The molecule has 0 amide bonds. The average Bonchev–Trinajstić information content (AvgIpc) is 3.00. The summed E-state index contributed by atoms with van der Waals surface area (Å²) in [7, 11) is 1.61. The summed E-state index contributed by atoms with van der Waals surface area (Å²) in [6, 6.07) is 7.52. The highest BCUT2D eigenvalue weighted by molar-refractivity contribution is 5.85. The lowest BCUT2D eigenvalue weighted by molar-refractivity contribution is -0.144. The number of anilines is 1. The number of methoxy groups -OCH3 is 1. The molecule has 4 nitrogen and oxygen atoms in total. The number of carboxylic acids is 1. The van der Waals surface area contributed by atoms with Gasteiger partial charge in [0.2, 0.25) is 0 Å². The van der Waals surface area contributed by atoms with Crippen LogP contribution >= 0.6 is 0 Å². The molecular formula is C15H19NO3. The van der Waals surface area contributed by atoms with Crippen LogP contribution in [0.5, 0.6) is 5.75 Å². The first-order chi connectivity index (χ1) is 9.15. The number of rotatable bonds is 4.